The third-order valence-corrected chi connectivity index (χ3v) is 2.78. The molecule has 1 rings (SSSR count). The number of nitrogens with two attached hydrogens (primary N) is 1. The molecule has 0 spiro atoms. The molecule has 2 nitrogen and oxygen atoms in total. The van der Waals surface area contributed by atoms with E-state index in [0.29, 0.717) is 12.1 Å². The summed E-state index contributed by atoms with van der Waals surface area (Å²) >= 11 is 5.47. The number of halogens is 2. The number of hydrogen-bond acceptors (Lipinski definition) is 2. The highest BCUT2D eigenvalue weighted by Gasteiger charge is 2.05. The predicted octanol–water partition coefficient (Wildman–Crippen LogP) is 2.38. The molecule has 0 saturated carbocycles. The van der Waals surface area contributed by atoms with Crippen molar-refractivity contribution in [2.75, 3.05) is 0 Å². The van der Waals surface area contributed by atoms with E-state index >= 15 is 0 Å². The molecule has 0 atom stereocenters. The van der Waals surface area contributed by atoms with Crippen molar-refractivity contribution < 1.29 is 0 Å². The van der Waals surface area contributed by atoms with Gasteiger partial charge in [-0.15, -0.1) is 0 Å². The van der Waals surface area contributed by atoms with Crippen molar-refractivity contribution in [3.63, 3.8) is 0 Å². The fourth-order valence-electron chi connectivity index (χ4n) is 0.913. The Labute approximate surface area is 93.0 Å². The van der Waals surface area contributed by atoms with Crippen LogP contribution in [0.25, 0.3) is 0 Å². The van der Waals surface area contributed by atoms with Crippen molar-refractivity contribution in [1.29, 1.82) is 5.26 Å². The number of rotatable bonds is 1. The lowest BCUT2D eigenvalue weighted by atomic mass is 10.1. The largest absolute Gasteiger partial charge is 0.326 e. The highest BCUT2D eigenvalue weighted by molar-refractivity contribution is 14.1. The third kappa shape index (κ3) is 1.97. The van der Waals surface area contributed by atoms with Crippen LogP contribution in [0.4, 0.5) is 0 Å². The van der Waals surface area contributed by atoms with Crippen LogP contribution in [0.5, 0.6) is 0 Å². The van der Waals surface area contributed by atoms with Gasteiger partial charge in [0.15, 0.2) is 0 Å². The van der Waals surface area contributed by atoms with Gasteiger partial charge in [-0.2, -0.15) is 5.26 Å². The number of nitrogens with zero attached hydrogens (tertiary/aromatic N) is 1. The quantitative estimate of drug-likeness (QED) is 0.800. The molecule has 12 heavy (non-hydrogen) atoms. The van der Waals surface area contributed by atoms with Crippen LogP contribution in [0.15, 0.2) is 16.6 Å². The van der Waals surface area contributed by atoms with Crippen LogP contribution < -0.4 is 5.73 Å². The van der Waals surface area contributed by atoms with E-state index in [1.807, 2.05) is 12.1 Å². The van der Waals surface area contributed by atoms with E-state index in [4.69, 9.17) is 11.0 Å². The molecule has 0 fully saturated rings. The lowest BCUT2D eigenvalue weighted by Crippen LogP contribution is -2.01. The highest BCUT2D eigenvalue weighted by Crippen LogP contribution is 2.22. The highest BCUT2D eigenvalue weighted by atomic mass is 127. The minimum Gasteiger partial charge on any atom is -0.326 e. The minimum atomic E-state index is 0.401. The van der Waals surface area contributed by atoms with Crippen LogP contribution >= 0.6 is 38.5 Å². The van der Waals surface area contributed by atoms with Gasteiger partial charge >= 0.3 is 0 Å². The molecule has 2 N–H and O–H groups in total. The molecule has 0 amide bonds. The van der Waals surface area contributed by atoms with Crippen LogP contribution in [-0.4, -0.2) is 0 Å². The maximum atomic E-state index is 8.80. The van der Waals surface area contributed by atoms with E-state index in [2.05, 4.69) is 44.6 Å². The second kappa shape index (κ2) is 4.21. The van der Waals surface area contributed by atoms with Gasteiger partial charge in [-0.05, 0) is 40.3 Å². The van der Waals surface area contributed by atoms with Crippen molar-refractivity contribution in [2.24, 2.45) is 5.73 Å². The monoisotopic (exact) mass is 336 g/mol. The average Bonchev–Trinajstić information content (AvgIpc) is 2.03. The van der Waals surface area contributed by atoms with E-state index in [9.17, 15) is 0 Å². The Bertz CT molecular complexity index is 344. The molecular weight excluding hydrogens is 331 g/mol. The number of nitriles is 1. The summed E-state index contributed by atoms with van der Waals surface area (Å²) in [5.41, 5.74) is 7.06. The zero-order valence-electron chi connectivity index (χ0n) is 6.14. The summed E-state index contributed by atoms with van der Waals surface area (Å²) in [5, 5.41) is 8.80. The molecule has 0 heterocycles. The molecule has 0 aromatic heterocycles. The first-order chi connectivity index (χ1) is 5.69. The molecule has 0 aliphatic carbocycles. The van der Waals surface area contributed by atoms with Gasteiger partial charge in [0.2, 0.25) is 0 Å². The Morgan fingerprint density at radius 2 is 2.25 bits per heavy atom. The second-order valence-electron chi connectivity index (χ2n) is 2.24. The van der Waals surface area contributed by atoms with E-state index in [1.165, 1.54) is 0 Å². The van der Waals surface area contributed by atoms with Crippen molar-refractivity contribution in [1.82, 2.24) is 0 Å². The summed E-state index contributed by atoms with van der Waals surface area (Å²) in [6.45, 7) is 0.401. The van der Waals surface area contributed by atoms with Crippen molar-refractivity contribution in [3.05, 3.63) is 31.3 Å². The fraction of sp³-hybridized carbons (Fsp3) is 0.125. The Balaban J connectivity index is 3.36. The fourth-order valence-corrected chi connectivity index (χ4v) is 2.65. The molecule has 0 aliphatic heterocycles. The summed E-state index contributed by atoms with van der Waals surface area (Å²) in [6.07, 6.45) is 0. The van der Waals surface area contributed by atoms with Gasteiger partial charge in [-0.1, -0.05) is 15.9 Å². The molecular formula is C8H6BrIN2. The summed E-state index contributed by atoms with van der Waals surface area (Å²) in [5.74, 6) is 0. The number of hydrogen-bond donors (Lipinski definition) is 1. The average molecular weight is 337 g/mol. The number of benzene rings is 1. The van der Waals surface area contributed by atoms with Gasteiger partial charge in [0.1, 0.15) is 6.07 Å². The Hall–Kier alpha value is -0.120. The van der Waals surface area contributed by atoms with E-state index in [-0.39, 0.29) is 0 Å². The molecule has 1 aromatic carbocycles. The van der Waals surface area contributed by atoms with Crippen molar-refractivity contribution in [2.45, 2.75) is 6.54 Å². The normalized spacial score (nSPS) is 9.50. The van der Waals surface area contributed by atoms with E-state index in [1.54, 1.807) is 0 Å². The van der Waals surface area contributed by atoms with Gasteiger partial charge in [-0.25, -0.2) is 0 Å². The van der Waals surface area contributed by atoms with Gasteiger partial charge in [-0.3, -0.25) is 0 Å². The summed E-state index contributed by atoms with van der Waals surface area (Å²) in [6, 6.07) is 5.91. The lowest BCUT2D eigenvalue weighted by Gasteiger charge is -2.03. The van der Waals surface area contributed by atoms with E-state index in [0.717, 1.165) is 13.6 Å². The molecule has 0 bridgehead atoms. The van der Waals surface area contributed by atoms with Crippen LogP contribution in [0, 0.1) is 14.9 Å². The van der Waals surface area contributed by atoms with Crippen molar-refractivity contribution in [3.8, 4) is 6.07 Å². The molecule has 0 aliphatic rings. The second-order valence-corrected chi connectivity index (χ2v) is 4.32. The lowest BCUT2D eigenvalue weighted by molar-refractivity contribution is 1.06. The molecule has 0 saturated heterocycles. The van der Waals surface area contributed by atoms with Gasteiger partial charge in [0, 0.05) is 14.6 Å². The molecule has 1 aromatic rings. The topological polar surface area (TPSA) is 49.8 Å². The summed E-state index contributed by atoms with van der Waals surface area (Å²) in [4.78, 5) is 0. The smallest absolute Gasteiger partial charge is 0.101 e. The molecule has 0 unspecified atom stereocenters. The third-order valence-electron chi connectivity index (χ3n) is 1.47. The summed E-state index contributed by atoms with van der Waals surface area (Å²) in [7, 11) is 0. The molecule has 0 radical (unpaired) electrons. The zero-order chi connectivity index (χ0) is 9.14. The van der Waals surface area contributed by atoms with Gasteiger partial charge in [0.05, 0.1) is 5.56 Å². The van der Waals surface area contributed by atoms with Crippen molar-refractivity contribution >= 4 is 38.5 Å². The molecule has 62 valence electrons. The first kappa shape index (κ1) is 9.96. The molecule has 4 heteroatoms. The van der Waals surface area contributed by atoms with Gasteiger partial charge in [0.25, 0.3) is 0 Å². The minimum absolute atomic E-state index is 0.401. The Kier molecular flexibility index (Phi) is 3.50. The predicted molar refractivity (Wildman–Crippen MR) is 59.5 cm³/mol. The zero-order valence-corrected chi connectivity index (χ0v) is 9.89. The van der Waals surface area contributed by atoms with Crippen LogP contribution in [-0.2, 0) is 6.54 Å². The van der Waals surface area contributed by atoms with Crippen LogP contribution in [0.2, 0.25) is 0 Å². The maximum Gasteiger partial charge on any atom is 0.101 e. The first-order valence-corrected chi connectivity index (χ1v) is 5.14. The van der Waals surface area contributed by atoms with Crippen LogP contribution in [0.3, 0.4) is 0 Å². The Morgan fingerprint density at radius 3 is 2.75 bits per heavy atom. The van der Waals surface area contributed by atoms with E-state index < -0.39 is 0 Å². The SMILES string of the molecule is N#Cc1c(I)cc(Br)cc1CN. The maximum absolute atomic E-state index is 8.80. The first-order valence-electron chi connectivity index (χ1n) is 3.27. The standard InChI is InChI=1S/C8H6BrIN2/c9-6-1-5(3-11)7(4-12)8(10)2-6/h1-2H,3,11H2. The Morgan fingerprint density at radius 1 is 1.58 bits per heavy atom. The van der Waals surface area contributed by atoms with Gasteiger partial charge < -0.3 is 5.73 Å². The summed E-state index contributed by atoms with van der Waals surface area (Å²) < 4.78 is 1.90. The van der Waals surface area contributed by atoms with Crippen LogP contribution in [0.1, 0.15) is 11.1 Å².